The molecule has 0 radical (unpaired) electrons. The predicted molar refractivity (Wildman–Crippen MR) is 113 cm³/mol. The third-order valence-electron chi connectivity index (χ3n) is 4.68. The molecule has 3 heterocycles. The Kier molecular flexibility index (Phi) is 4.87. The van der Waals surface area contributed by atoms with Crippen LogP contribution < -0.4 is 4.74 Å². The normalized spacial score (nSPS) is 11.2. The number of halogens is 2. The number of aromatic nitrogens is 5. The fourth-order valence-corrected chi connectivity index (χ4v) is 4.00. The lowest BCUT2D eigenvalue weighted by Crippen LogP contribution is -2.01. The van der Waals surface area contributed by atoms with E-state index in [4.69, 9.17) is 4.74 Å². The minimum absolute atomic E-state index is 0.166. The molecule has 5 rings (SSSR count). The van der Waals surface area contributed by atoms with Crippen LogP contribution in [0.15, 0.2) is 60.9 Å². The molecule has 0 saturated carbocycles. The number of hydrogen-bond acceptors (Lipinski definition) is 6. The summed E-state index contributed by atoms with van der Waals surface area (Å²) in [4.78, 5) is 5.35. The SMILES string of the molecule is Cc1cnc(COc2nn3c(-c4ccccc4F)nncc3c2-c2ccccc2F)s1. The molecule has 3 aromatic heterocycles. The Balaban J connectivity index is 1.70. The molecule has 0 amide bonds. The second kappa shape index (κ2) is 7.84. The van der Waals surface area contributed by atoms with E-state index in [-0.39, 0.29) is 23.9 Å². The van der Waals surface area contributed by atoms with Crippen molar-refractivity contribution in [1.82, 2.24) is 24.8 Å². The second-order valence-electron chi connectivity index (χ2n) is 6.76. The van der Waals surface area contributed by atoms with E-state index in [1.54, 1.807) is 42.6 Å². The van der Waals surface area contributed by atoms with Crippen LogP contribution in [0.3, 0.4) is 0 Å². The summed E-state index contributed by atoms with van der Waals surface area (Å²) in [6.07, 6.45) is 3.22. The molecular weight excluding hydrogens is 420 g/mol. The molecule has 0 N–H and O–H groups in total. The lowest BCUT2D eigenvalue weighted by molar-refractivity contribution is 0.293. The fourth-order valence-electron chi connectivity index (χ4n) is 3.30. The summed E-state index contributed by atoms with van der Waals surface area (Å²) in [6.45, 7) is 2.12. The van der Waals surface area contributed by atoms with E-state index in [1.165, 1.54) is 34.2 Å². The van der Waals surface area contributed by atoms with Crippen LogP contribution in [0.25, 0.3) is 28.0 Å². The van der Waals surface area contributed by atoms with Crippen LogP contribution >= 0.6 is 11.3 Å². The molecule has 0 aliphatic carbocycles. The number of thiazole rings is 1. The van der Waals surface area contributed by atoms with Crippen molar-refractivity contribution < 1.29 is 13.5 Å². The third kappa shape index (κ3) is 3.53. The molecular formula is C22H15F2N5OS. The smallest absolute Gasteiger partial charge is 0.242 e. The molecule has 0 aliphatic heterocycles. The predicted octanol–water partition coefficient (Wildman–Crippen LogP) is 5.08. The summed E-state index contributed by atoms with van der Waals surface area (Å²) < 4.78 is 36.6. The van der Waals surface area contributed by atoms with Crippen LogP contribution in [0, 0.1) is 18.6 Å². The molecule has 0 atom stereocenters. The lowest BCUT2D eigenvalue weighted by atomic mass is 10.1. The van der Waals surface area contributed by atoms with E-state index in [0.717, 1.165) is 9.88 Å². The van der Waals surface area contributed by atoms with Gasteiger partial charge in [-0.3, -0.25) is 0 Å². The molecule has 9 heteroatoms. The molecule has 0 saturated heterocycles. The van der Waals surface area contributed by atoms with Crippen molar-refractivity contribution in [2.45, 2.75) is 13.5 Å². The summed E-state index contributed by atoms with van der Waals surface area (Å²) in [5, 5.41) is 13.4. The summed E-state index contributed by atoms with van der Waals surface area (Å²) in [6, 6.07) is 12.5. The molecule has 6 nitrogen and oxygen atoms in total. The minimum atomic E-state index is -0.465. The van der Waals surface area contributed by atoms with Gasteiger partial charge in [0.05, 0.1) is 17.3 Å². The topological polar surface area (TPSA) is 65.2 Å². The van der Waals surface area contributed by atoms with Gasteiger partial charge >= 0.3 is 0 Å². The number of ether oxygens (including phenoxy) is 1. The lowest BCUT2D eigenvalue weighted by Gasteiger charge is -2.06. The van der Waals surface area contributed by atoms with Gasteiger partial charge < -0.3 is 4.74 Å². The molecule has 0 aliphatic rings. The fraction of sp³-hybridized carbons (Fsp3) is 0.0909. The van der Waals surface area contributed by atoms with Gasteiger partial charge in [-0.05, 0) is 25.1 Å². The monoisotopic (exact) mass is 435 g/mol. The molecule has 0 spiro atoms. The standard InChI is InChI=1S/C22H15F2N5OS/c1-13-10-25-19(31-13)12-30-22-20(14-6-2-4-8-16(14)23)18-11-26-27-21(29(18)28-22)15-7-3-5-9-17(15)24/h2-11H,12H2,1H3. The van der Waals surface area contributed by atoms with Gasteiger partial charge in [0.25, 0.3) is 0 Å². The summed E-state index contributed by atoms with van der Waals surface area (Å²) >= 11 is 1.50. The zero-order valence-corrected chi connectivity index (χ0v) is 17.1. The van der Waals surface area contributed by atoms with Gasteiger partial charge in [-0.25, -0.2) is 18.3 Å². The number of fused-ring (bicyclic) bond motifs is 1. The average Bonchev–Trinajstić information content (AvgIpc) is 3.36. The Bertz CT molecular complexity index is 1400. The van der Waals surface area contributed by atoms with Crippen molar-refractivity contribution in [3.8, 4) is 28.4 Å². The van der Waals surface area contributed by atoms with Crippen LogP contribution in [-0.4, -0.2) is 24.8 Å². The highest BCUT2D eigenvalue weighted by atomic mass is 32.1. The molecule has 0 fully saturated rings. The van der Waals surface area contributed by atoms with E-state index < -0.39 is 11.6 Å². The van der Waals surface area contributed by atoms with Crippen LogP contribution in [0.5, 0.6) is 5.88 Å². The van der Waals surface area contributed by atoms with Crippen LogP contribution in [0.2, 0.25) is 0 Å². The Morgan fingerprint density at radius 1 is 0.968 bits per heavy atom. The van der Waals surface area contributed by atoms with Gasteiger partial charge in [-0.2, -0.15) is 5.10 Å². The number of aryl methyl sites for hydroxylation is 1. The van der Waals surface area contributed by atoms with Crippen LogP contribution in [-0.2, 0) is 6.61 Å². The van der Waals surface area contributed by atoms with Gasteiger partial charge in [0.1, 0.15) is 28.8 Å². The third-order valence-corrected chi connectivity index (χ3v) is 5.57. The average molecular weight is 435 g/mol. The quantitative estimate of drug-likeness (QED) is 0.385. The Hall–Kier alpha value is -3.72. The zero-order valence-electron chi connectivity index (χ0n) is 16.3. The summed E-state index contributed by atoms with van der Waals surface area (Å²) in [5.74, 6) is -0.525. The highest BCUT2D eigenvalue weighted by Crippen LogP contribution is 2.37. The van der Waals surface area contributed by atoms with E-state index >= 15 is 0 Å². The first-order valence-electron chi connectivity index (χ1n) is 9.40. The molecule has 0 bridgehead atoms. The van der Waals surface area contributed by atoms with E-state index in [9.17, 15) is 8.78 Å². The van der Waals surface area contributed by atoms with Crippen molar-refractivity contribution in [1.29, 1.82) is 0 Å². The van der Waals surface area contributed by atoms with E-state index in [1.807, 2.05) is 6.92 Å². The number of rotatable bonds is 5. The van der Waals surface area contributed by atoms with Crippen molar-refractivity contribution in [3.05, 3.63) is 82.4 Å². The Morgan fingerprint density at radius 3 is 2.35 bits per heavy atom. The van der Waals surface area contributed by atoms with E-state index in [2.05, 4.69) is 20.3 Å². The van der Waals surface area contributed by atoms with Crippen LogP contribution in [0.4, 0.5) is 8.78 Å². The van der Waals surface area contributed by atoms with Crippen molar-refractivity contribution in [2.75, 3.05) is 0 Å². The summed E-state index contributed by atoms with van der Waals surface area (Å²) in [5.41, 5.74) is 1.39. The number of nitrogens with zero attached hydrogens (tertiary/aromatic N) is 5. The van der Waals surface area contributed by atoms with Crippen molar-refractivity contribution in [2.24, 2.45) is 0 Å². The Morgan fingerprint density at radius 2 is 1.68 bits per heavy atom. The molecule has 0 unspecified atom stereocenters. The first-order valence-corrected chi connectivity index (χ1v) is 10.2. The van der Waals surface area contributed by atoms with E-state index in [0.29, 0.717) is 16.6 Å². The van der Waals surface area contributed by atoms with Gasteiger partial charge in [-0.1, -0.05) is 30.3 Å². The highest BCUT2D eigenvalue weighted by molar-refractivity contribution is 7.11. The van der Waals surface area contributed by atoms with Gasteiger partial charge in [0, 0.05) is 16.6 Å². The molecule has 31 heavy (non-hydrogen) atoms. The molecule has 154 valence electrons. The second-order valence-corrected chi connectivity index (χ2v) is 8.08. The maximum atomic E-state index is 14.7. The molecule has 2 aromatic carbocycles. The highest BCUT2D eigenvalue weighted by Gasteiger charge is 2.23. The first-order chi connectivity index (χ1) is 15.1. The van der Waals surface area contributed by atoms with Gasteiger partial charge in [0.15, 0.2) is 5.82 Å². The van der Waals surface area contributed by atoms with Crippen molar-refractivity contribution in [3.63, 3.8) is 0 Å². The largest absolute Gasteiger partial charge is 0.469 e. The van der Waals surface area contributed by atoms with Gasteiger partial charge in [0.2, 0.25) is 5.88 Å². The minimum Gasteiger partial charge on any atom is -0.469 e. The zero-order chi connectivity index (χ0) is 21.4. The summed E-state index contributed by atoms with van der Waals surface area (Å²) in [7, 11) is 0. The van der Waals surface area contributed by atoms with Crippen LogP contribution in [0.1, 0.15) is 9.88 Å². The number of benzene rings is 2. The maximum Gasteiger partial charge on any atom is 0.242 e. The molecule has 5 aromatic rings. The van der Waals surface area contributed by atoms with Gasteiger partial charge in [-0.15, -0.1) is 21.5 Å². The Labute approximate surface area is 179 Å². The number of hydrogen-bond donors (Lipinski definition) is 0. The van der Waals surface area contributed by atoms with Crippen molar-refractivity contribution >= 4 is 16.9 Å². The maximum absolute atomic E-state index is 14.7. The first kappa shape index (κ1) is 19.3.